The van der Waals surface area contributed by atoms with Gasteiger partial charge >= 0.3 is 5.69 Å². The van der Waals surface area contributed by atoms with Crippen LogP contribution in [0.1, 0.15) is 48.5 Å². The molecule has 2 aliphatic heterocycles. The van der Waals surface area contributed by atoms with Gasteiger partial charge in [-0.2, -0.15) is 0 Å². The average Bonchev–Trinajstić information content (AvgIpc) is 3.07. The van der Waals surface area contributed by atoms with Crippen LogP contribution in [0.4, 0.5) is 11.5 Å². The van der Waals surface area contributed by atoms with E-state index in [0.29, 0.717) is 18.1 Å². The number of fused-ring (bicyclic) bond motifs is 1. The number of hydrogen-bond donors (Lipinski definition) is 1. The van der Waals surface area contributed by atoms with Crippen molar-refractivity contribution in [3.8, 4) is 0 Å². The van der Waals surface area contributed by atoms with E-state index in [9.17, 15) is 14.4 Å². The molecule has 7 heteroatoms. The molecule has 2 aliphatic rings. The van der Waals surface area contributed by atoms with Crippen molar-refractivity contribution in [1.29, 1.82) is 0 Å². The van der Waals surface area contributed by atoms with Gasteiger partial charge in [0, 0.05) is 32.4 Å². The summed E-state index contributed by atoms with van der Waals surface area (Å²) in [7, 11) is 1.41. The van der Waals surface area contributed by atoms with E-state index in [1.165, 1.54) is 36.6 Å². The number of allylic oxidation sites excluding steroid dienone is 1. The molecule has 0 saturated carbocycles. The van der Waals surface area contributed by atoms with Crippen LogP contribution in [0.25, 0.3) is 6.08 Å². The quantitative estimate of drug-likeness (QED) is 0.807. The maximum atomic E-state index is 12.9. The molecule has 2 aromatic rings. The fraction of sp³-hybridized carbons (Fsp3) is 0.409. The second-order valence-electron chi connectivity index (χ2n) is 7.67. The van der Waals surface area contributed by atoms with E-state index in [4.69, 9.17) is 0 Å². The van der Waals surface area contributed by atoms with E-state index in [-0.39, 0.29) is 11.3 Å². The monoisotopic (exact) mass is 394 g/mol. The van der Waals surface area contributed by atoms with E-state index < -0.39 is 11.2 Å². The highest BCUT2D eigenvalue weighted by Gasteiger charge is 2.32. The van der Waals surface area contributed by atoms with Gasteiger partial charge in [0.25, 0.3) is 5.56 Å². The molecule has 1 saturated heterocycles. The largest absolute Gasteiger partial charge is 0.372 e. The topological polar surface area (TPSA) is 76.3 Å². The van der Waals surface area contributed by atoms with Crippen LogP contribution in [0, 0.1) is 0 Å². The molecule has 0 aliphatic carbocycles. The number of rotatable bonds is 4. The maximum absolute atomic E-state index is 12.9. The van der Waals surface area contributed by atoms with Gasteiger partial charge in [0.05, 0.1) is 5.70 Å². The van der Waals surface area contributed by atoms with Crippen molar-refractivity contribution in [1.82, 2.24) is 9.13 Å². The number of piperidine rings is 1. The van der Waals surface area contributed by atoms with E-state index in [2.05, 4.69) is 22.3 Å². The molecule has 0 amide bonds. The molecule has 152 valence electrons. The molecule has 0 bridgehead atoms. The Labute approximate surface area is 169 Å². The summed E-state index contributed by atoms with van der Waals surface area (Å²) in [6, 6.07) is 8.09. The van der Waals surface area contributed by atoms with Crippen LogP contribution in [-0.4, -0.2) is 28.0 Å². The molecule has 0 unspecified atom stereocenters. The Morgan fingerprint density at radius 1 is 1.03 bits per heavy atom. The van der Waals surface area contributed by atoms with Gasteiger partial charge in [-0.1, -0.05) is 19.1 Å². The van der Waals surface area contributed by atoms with Gasteiger partial charge in [0.15, 0.2) is 0 Å². The molecule has 7 nitrogen and oxygen atoms in total. The molecule has 0 spiro atoms. The minimum absolute atomic E-state index is 0.0386. The molecule has 0 radical (unpaired) electrons. The zero-order valence-corrected chi connectivity index (χ0v) is 16.9. The summed E-state index contributed by atoms with van der Waals surface area (Å²) < 4.78 is 2.47. The maximum Gasteiger partial charge on any atom is 0.332 e. The highest BCUT2D eigenvalue weighted by Crippen LogP contribution is 2.27. The molecule has 29 heavy (non-hydrogen) atoms. The smallest absolute Gasteiger partial charge is 0.332 e. The summed E-state index contributed by atoms with van der Waals surface area (Å²) in [5.41, 5.74) is 1.44. The van der Waals surface area contributed by atoms with Crippen LogP contribution in [0.15, 0.2) is 39.6 Å². The minimum atomic E-state index is -0.557. The lowest BCUT2D eigenvalue weighted by molar-refractivity contribution is 0.104. The minimum Gasteiger partial charge on any atom is -0.372 e. The zero-order chi connectivity index (χ0) is 20.5. The normalized spacial score (nSPS) is 17.5. The predicted octanol–water partition coefficient (Wildman–Crippen LogP) is 2.60. The van der Waals surface area contributed by atoms with Crippen LogP contribution in [0.2, 0.25) is 0 Å². The van der Waals surface area contributed by atoms with E-state index in [1.807, 2.05) is 19.1 Å². The van der Waals surface area contributed by atoms with Gasteiger partial charge < -0.3 is 10.2 Å². The summed E-state index contributed by atoms with van der Waals surface area (Å²) >= 11 is 0. The molecule has 3 heterocycles. The lowest BCUT2D eigenvalue weighted by atomic mass is 10.1. The first-order chi connectivity index (χ1) is 14.0. The number of Topliss-reactive ketones (excluding diaryl/α,β-unsaturated/α-hetero) is 1. The highest BCUT2D eigenvalue weighted by molar-refractivity contribution is 6.19. The number of hydrogen-bond acceptors (Lipinski definition) is 5. The number of benzene rings is 1. The highest BCUT2D eigenvalue weighted by atomic mass is 16.2. The summed E-state index contributed by atoms with van der Waals surface area (Å²) in [5, 5.41) is 3.02. The summed E-state index contributed by atoms with van der Waals surface area (Å²) in [6.45, 7) is 4.54. The Kier molecular flexibility index (Phi) is 5.13. The summed E-state index contributed by atoms with van der Waals surface area (Å²) in [6.07, 6.45) is 6.19. The van der Waals surface area contributed by atoms with Crippen molar-refractivity contribution in [2.75, 3.05) is 23.3 Å². The number of nitrogens with one attached hydrogen (secondary N) is 1. The van der Waals surface area contributed by atoms with Crippen LogP contribution < -0.4 is 21.5 Å². The van der Waals surface area contributed by atoms with Crippen LogP contribution >= 0.6 is 0 Å². The van der Waals surface area contributed by atoms with Gasteiger partial charge in [-0.3, -0.25) is 18.7 Å². The third kappa shape index (κ3) is 3.41. The Hall–Kier alpha value is -3.09. The first-order valence-corrected chi connectivity index (χ1v) is 10.2. The molecule has 1 fully saturated rings. The van der Waals surface area contributed by atoms with Crippen LogP contribution in [0.3, 0.4) is 0 Å². The fourth-order valence-electron chi connectivity index (χ4n) is 4.05. The predicted molar refractivity (Wildman–Crippen MR) is 115 cm³/mol. The van der Waals surface area contributed by atoms with Gasteiger partial charge in [-0.05, 0) is 49.5 Å². The third-order valence-corrected chi connectivity index (χ3v) is 5.64. The van der Waals surface area contributed by atoms with Crippen molar-refractivity contribution in [2.45, 2.75) is 39.2 Å². The van der Waals surface area contributed by atoms with E-state index in [1.54, 1.807) is 6.08 Å². The van der Waals surface area contributed by atoms with E-state index in [0.717, 1.165) is 29.6 Å². The van der Waals surface area contributed by atoms with Gasteiger partial charge in [0.1, 0.15) is 11.4 Å². The number of anilines is 2. The van der Waals surface area contributed by atoms with Crippen molar-refractivity contribution in [3.05, 3.63) is 61.9 Å². The van der Waals surface area contributed by atoms with Gasteiger partial charge in [-0.15, -0.1) is 0 Å². The number of aromatic nitrogens is 2. The van der Waals surface area contributed by atoms with Gasteiger partial charge in [-0.25, -0.2) is 4.79 Å². The fourth-order valence-corrected chi connectivity index (χ4v) is 4.05. The van der Waals surface area contributed by atoms with Crippen molar-refractivity contribution in [2.24, 2.45) is 7.05 Å². The number of carbonyl (C=O) groups excluding carboxylic acids is 1. The van der Waals surface area contributed by atoms with Gasteiger partial charge in [0.2, 0.25) is 5.78 Å². The molecule has 1 aromatic heterocycles. The first-order valence-electron chi connectivity index (χ1n) is 10.2. The number of ketones is 1. The summed E-state index contributed by atoms with van der Waals surface area (Å²) in [5.74, 6) is -0.0632. The molecule has 1 aromatic carbocycles. The average molecular weight is 394 g/mol. The Balaban J connectivity index is 1.66. The molecular weight excluding hydrogens is 368 g/mol. The lowest BCUT2D eigenvalue weighted by Gasteiger charge is -2.28. The second kappa shape index (κ2) is 7.73. The number of nitrogens with zero attached hydrogens (tertiary/aromatic N) is 3. The zero-order valence-electron chi connectivity index (χ0n) is 16.9. The Morgan fingerprint density at radius 2 is 1.72 bits per heavy atom. The molecule has 0 atom stereocenters. The van der Waals surface area contributed by atoms with E-state index >= 15 is 0 Å². The second-order valence-corrected chi connectivity index (χ2v) is 7.67. The summed E-state index contributed by atoms with van der Waals surface area (Å²) in [4.78, 5) is 40.2. The third-order valence-electron chi connectivity index (χ3n) is 5.64. The van der Waals surface area contributed by atoms with Crippen molar-refractivity contribution in [3.63, 3.8) is 0 Å². The van der Waals surface area contributed by atoms with Crippen molar-refractivity contribution >= 4 is 23.4 Å². The van der Waals surface area contributed by atoms with Crippen LogP contribution in [-0.2, 0) is 13.6 Å². The first kappa shape index (κ1) is 19.2. The molecule has 1 N–H and O–H groups in total. The standard InChI is InChI=1S/C22H26N4O3/c1-3-11-26-20-18(21(28)24(2)22(26)29)19(27)17(23-20)14-15-7-9-16(10-8-15)25-12-5-4-6-13-25/h7-10,14,23H,3-6,11-13H2,1-2H3. The molecular formula is C22H26N4O3. The number of carbonyl (C=O) groups is 1. The lowest BCUT2D eigenvalue weighted by Crippen LogP contribution is -2.40. The SMILES string of the molecule is CCCn1c2c(c(=O)n(C)c1=O)C(=O)C(=Cc1ccc(N3CCCCC3)cc1)N2. The van der Waals surface area contributed by atoms with Crippen LogP contribution in [0.5, 0.6) is 0 Å². The molecule has 4 rings (SSSR count). The Bertz CT molecular complexity index is 1090. The Morgan fingerprint density at radius 3 is 2.38 bits per heavy atom. The van der Waals surface area contributed by atoms with Crippen molar-refractivity contribution < 1.29 is 4.79 Å².